The number of hydrogen-bond acceptors (Lipinski definition) is 2. The summed E-state index contributed by atoms with van der Waals surface area (Å²) in [5.41, 5.74) is 1.13. The summed E-state index contributed by atoms with van der Waals surface area (Å²) in [7, 11) is 0. The molecule has 0 radical (unpaired) electrons. The molecule has 80 valence electrons. The van der Waals surface area contributed by atoms with Gasteiger partial charge in [0.2, 0.25) is 0 Å². The van der Waals surface area contributed by atoms with Gasteiger partial charge in [-0.15, -0.1) is 0 Å². The van der Waals surface area contributed by atoms with E-state index in [2.05, 4.69) is 44.3 Å². The lowest BCUT2D eigenvalue weighted by molar-refractivity contribution is 0.483. The standard InChI is InChI=1S/C11H21N3/c1-5-10(4)13-11-6-12-14(8-11)7-9(2)3/h6,8-10,13H,5,7H2,1-4H3. The fourth-order valence-electron chi connectivity index (χ4n) is 1.30. The second-order valence-corrected chi connectivity index (χ2v) is 4.30. The maximum Gasteiger partial charge on any atom is 0.0728 e. The van der Waals surface area contributed by atoms with Gasteiger partial charge in [0.05, 0.1) is 11.9 Å². The van der Waals surface area contributed by atoms with E-state index in [9.17, 15) is 0 Å². The zero-order chi connectivity index (χ0) is 10.6. The molecular weight excluding hydrogens is 174 g/mol. The Hall–Kier alpha value is -0.990. The molecule has 0 saturated heterocycles. The van der Waals surface area contributed by atoms with Gasteiger partial charge in [-0.05, 0) is 19.3 Å². The summed E-state index contributed by atoms with van der Waals surface area (Å²) in [5, 5.41) is 7.70. The summed E-state index contributed by atoms with van der Waals surface area (Å²) in [6.45, 7) is 9.74. The van der Waals surface area contributed by atoms with E-state index < -0.39 is 0 Å². The summed E-state index contributed by atoms with van der Waals surface area (Å²) in [5.74, 6) is 0.645. The van der Waals surface area contributed by atoms with Crippen LogP contribution in [-0.4, -0.2) is 15.8 Å². The molecule has 0 amide bonds. The van der Waals surface area contributed by atoms with Crippen LogP contribution in [0, 0.1) is 5.92 Å². The Morgan fingerprint density at radius 1 is 1.43 bits per heavy atom. The zero-order valence-electron chi connectivity index (χ0n) is 9.62. The third-order valence-corrected chi connectivity index (χ3v) is 2.21. The molecule has 1 unspecified atom stereocenters. The maximum atomic E-state index is 4.30. The second kappa shape index (κ2) is 5.03. The molecule has 1 N–H and O–H groups in total. The molecule has 1 heterocycles. The summed E-state index contributed by atoms with van der Waals surface area (Å²) in [4.78, 5) is 0. The molecule has 0 aromatic carbocycles. The van der Waals surface area contributed by atoms with Gasteiger partial charge in [-0.2, -0.15) is 5.10 Å². The normalized spacial score (nSPS) is 13.2. The van der Waals surface area contributed by atoms with E-state index in [1.54, 1.807) is 0 Å². The molecule has 3 heteroatoms. The van der Waals surface area contributed by atoms with Crippen LogP contribution < -0.4 is 5.32 Å². The molecule has 14 heavy (non-hydrogen) atoms. The molecule has 1 aromatic heterocycles. The molecule has 1 rings (SSSR count). The highest BCUT2D eigenvalue weighted by Crippen LogP contribution is 2.09. The maximum absolute atomic E-state index is 4.30. The fourth-order valence-corrected chi connectivity index (χ4v) is 1.30. The highest BCUT2D eigenvalue weighted by molar-refractivity contribution is 5.38. The summed E-state index contributed by atoms with van der Waals surface area (Å²) >= 11 is 0. The van der Waals surface area contributed by atoms with E-state index in [4.69, 9.17) is 0 Å². The van der Waals surface area contributed by atoms with Crippen LogP contribution in [0.2, 0.25) is 0 Å². The summed E-state index contributed by atoms with van der Waals surface area (Å²) < 4.78 is 2.00. The Balaban J connectivity index is 2.50. The Kier molecular flexibility index (Phi) is 3.98. The molecule has 1 atom stereocenters. The van der Waals surface area contributed by atoms with Gasteiger partial charge in [0.1, 0.15) is 0 Å². The van der Waals surface area contributed by atoms with Crippen molar-refractivity contribution >= 4 is 5.69 Å². The van der Waals surface area contributed by atoms with Gasteiger partial charge in [-0.3, -0.25) is 4.68 Å². The second-order valence-electron chi connectivity index (χ2n) is 4.30. The number of anilines is 1. The van der Waals surface area contributed by atoms with E-state index in [1.807, 2.05) is 10.9 Å². The van der Waals surface area contributed by atoms with E-state index in [0.717, 1.165) is 18.7 Å². The van der Waals surface area contributed by atoms with E-state index in [-0.39, 0.29) is 0 Å². The van der Waals surface area contributed by atoms with Gasteiger partial charge in [0.25, 0.3) is 0 Å². The number of nitrogens with one attached hydrogen (secondary N) is 1. The van der Waals surface area contributed by atoms with Crippen LogP contribution in [0.25, 0.3) is 0 Å². The van der Waals surface area contributed by atoms with Crippen LogP contribution in [0.1, 0.15) is 34.1 Å². The summed E-state index contributed by atoms with van der Waals surface area (Å²) in [6, 6.07) is 0.520. The molecule has 0 fully saturated rings. The predicted molar refractivity (Wildman–Crippen MR) is 60.4 cm³/mol. The highest BCUT2D eigenvalue weighted by atomic mass is 15.3. The van der Waals surface area contributed by atoms with Crippen molar-refractivity contribution in [1.82, 2.24) is 9.78 Å². The number of nitrogens with zero attached hydrogens (tertiary/aromatic N) is 2. The molecule has 0 spiro atoms. The van der Waals surface area contributed by atoms with Crippen LogP contribution in [0.5, 0.6) is 0 Å². The SMILES string of the molecule is CCC(C)Nc1cnn(CC(C)C)c1. The number of aromatic nitrogens is 2. The van der Waals surface area contributed by atoms with Crippen molar-refractivity contribution in [3.63, 3.8) is 0 Å². The first-order chi connectivity index (χ1) is 6.61. The van der Waals surface area contributed by atoms with Crippen LogP contribution in [0.4, 0.5) is 5.69 Å². The third kappa shape index (κ3) is 3.40. The third-order valence-electron chi connectivity index (χ3n) is 2.21. The minimum Gasteiger partial charge on any atom is -0.380 e. The minimum atomic E-state index is 0.520. The minimum absolute atomic E-state index is 0.520. The van der Waals surface area contributed by atoms with Gasteiger partial charge in [-0.1, -0.05) is 20.8 Å². The fraction of sp³-hybridized carbons (Fsp3) is 0.727. The Labute approximate surface area is 86.5 Å². The quantitative estimate of drug-likeness (QED) is 0.783. The van der Waals surface area contributed by atoms with Crippen LogP contribution in [-0.2, 0) is 6.54 Å². The molecule has 3 nitrogen and oxygen atoms in total. The first-order valence-corrected chi connectivity index (χ1v) is 5.40. The lowest BCUT2D eigenvalue weighted by Gasteiger charge is -2.10. The lowest BCUT2D eigenvalue weighted by Crippen LogP contribution is -2.12. The van der Waals surface area contributed by atoms with Gasteiger partial charge < -0.3 is 5.32 Å². The average molecular weight is 195 g/mol. The molecular formula is C11H21N3. The summed E-state index contributed by atoms with van der Waals surface area (Å²) in [6.07, 6.45) is 5.11. The van der Waals surface area contributed by atoms with Crippen molar-refractivity contribution < 1.29 is 0 Å². The smallest absolute Gasteiger partial charge is 0.0728 e. The van der Waals surface area contributed by atoms with Crippen LogP contribution in [0.3, 0.4) is 0 Å². The van der Waals surface area contributed by atoms with Gasteiger partial charge in [0, 0.05) is 18.8 Å². The van der Waals surface area contributed by atoms with Crippen LogP contribution in [0.15, 0.2) is 12.4 Å². The number of hydrogen-bond donors (Lipinski definition) is 1. The predicted octanol–water partition coefficient (Wildman–Crippen LogP) is 2.75. The molecule has 0 aliphatic rings. The Bertz CT molecular complexity index is 265. The Morgan fingerprint density at radius 3 is 2.71 bits per heavy atom. The average Bonchev–Trinajstić information content (AvgIpc) is 2.51. The van der Waals surface area contributed by atoms with Gasteiger partial charge >= 0.3 is 0 Å². The molecule has 0 bridgehead atoms. The van der Waals surface area contributed by atoms with Crippen molar-refractivity contribution in [2.45, 2.75) is 46.7 Å². The van der Waals surface area contributed by atoms with E-state index >= 15 is 0 Å². The van der Waals surface area contributed by atoms with Crippen LogP contribution >= 0.6 is 0 Å². The monoisotopic (exact) mass is 195 g/mol. The first-order valence-electron chi connectivity index (χ1n) is 5.40. The van der Waals surface area contributed by atoms with Gasteiger partial charge in [0.15, 0.2) is 0 Å². The lowest BCUT2D eigenvalue weighted by atomic mass is 10.2. The van der Waals surface area contributed by atoms with E-state index in [1.165, 1.54) is 0 Å². The number of rotatable bonds is 5. The Morgan fingerprint density at radius 2 is 2.14 bits per heavy atom. The molecule has 0 saturated carbocycles. The largest absolute Gasteiger partial charge is 0.380 e. The zero-order valence-corrected chi connectivity index (χ0v) is 9.62. The van der Waals surface area contributed by atoms with E-state index in [0.29, 0.717) is 12.0 Å². The topological polar surface area (TPSA) is 29.9 Å². The van der Waals surface area contributed by atoms with Crippen molar-refractivity contribution in [3.05, 3.63) is 12.4 Å². The first kappa shape index (κ1) is 11.1. The van der Waals surface area contributed by atoms with Crippen molar-refractivity contribution in [2.75, 3.05) is 5.32 Å². The molecule has 0 aliphatic heterocycles. The van der Waals surface area contributed by atoms with Gasteiger partial charge in [-0.25, -0.2) is 0 Å². The van der Waals surface area contributed by atoms with Crippen molar-refractivity contribution in [1.29, 1.82) is 0 Å². The van der Waals surface area contributed by atoms with Crippen molar-refractivity contribution in [3.8, 4) is 0 Å². The van der Waals surface area contributed by atoms with Crippen molar-refractivity contribution in [2.24, 2.45) is 5.92 Å². The molecule has 1 aromatic rings. The molecule has 0 aliphatic carbocycles. The highest BCUT2D eigenvalue weighted by Gasteiger charge is 2.02.